The fourth-order valence-corrected chi connectivity index (χ4v) is 3.13. The summed E-state index contributed by atoms with van der Waals surface area (Å²) in [5.74, 6) is 0.393. The first-order valence-electron chi connectivity index (χ1n) is 7.44. The second-order valence-electron chi connectivity index (χ2n) is 6.11. The van der Waals surface area contributed by atoms with E-state index in [1.54, 1.807) is 0 Å². The molecule has 0 amide bonds. The highest BCUT2D eigenvalue weighted by atomic mass is 35.5. The second kappa shape index (κ2) is 5.91. The molecular weight excluding hydrogens is 288 g/mol. The monoisotopic (exact) mass is 308 g/mol. The Hall–Kier alpha value is -1.17. The molecule has 114 valence electrons. The van der Waals surface area contributed by atoms with E-state index in [0.717, 1.165) is 42.7 Å². The number of aromatic nitrogens is 3. The van der Waals surface area contributed by atoms with Gasteiger partial charge in [0.05, 0.1) is 6.20 Å². The van der Waals surface area contributed by atoms with Crippen LogP contribution >= 0.6 is 11.6 Å². The molecule has 3 rings (SSSR count). The Balaban J connectivity index is 1.85. The van der Waals surface area contributed by atoms with Crippen molar-refractivity contribution in [3.05, 3.63) is 23.0 Å². The van der Waals surface area contributed by atoms with Crippen LogP contribution in [0.15, 0.2) is 12.3 Å². The number of pyridine rings is 1. The van der Waals surface area contributed by atoms with Crippen molar-refractivity contribution in [2.75, 3.05) is 19.7 Å². The largest absolute Gasteiger partial charge is 0.396 e. The molecule has 0 aromatic carbocycles. The minimum absolute atomic E-state index is 0.265. The maximum Gasteiger partial charge on any atom is 0.159 e. The maximum absolute atomic E-state index is 9.22. The topological polar surface area (TPSA) is 54.2 Å². The van der Waals surface area contributed by atoms with Crippen LogP contribution in [0.25, 0.3) is 11.0 Å². The van der Waals surface area contributed by atoms with Gasteiger partial charge in [0.2, 0.25) is 0 Å². The highest BCUT2D eigenvalue weighted by Crippen LogP contribution is 2.25. The van der Waals surface area contributed by atoms with Gasteiger partial charge in [-0.15, -0.1) is 0 Å². The molecule has 0 saturated carbocycles. The van der Waals surface area contributed by atoms with Crippen molar-refractivity contribution in [2.24, 2.45) is 5.92 Å². The van der Waals surface area contributed by atoms with Crippen molar-refractivity contribution < 1.29 is 5.11 Å². The molecule has 0 aliphatic carbocycles. The number of likely N-dealkylation sites (tertiary alicyclic amines) is 1. The van der Waals surface area contributed by atoms with E-state index >= 15 is 0 Å². The van der Waals surface area contributed by atoms with Crippen molar-refractivity contribution in [1.29, 1.82) is 0 Å². The zero-order valence-electron chi connectivity index (χ0n) is 12.5. The molecule has 2 aromatic heterocycles. The molecule has 0 radical (unpaired) electrons. The summed E-state index contributed by atoms with van der Waals surface area (Å²) in [4.78, 5) is 6.85. The van der Waals surface area contributed by atoms with Crippen molar-refractivity contribution in [2.45, 2.75) is 32.9 Å². The van der Waals surface area contributed by atoms with Crippen LogP contribution in [-0.4, -0.2) is 44.5 Å². The fraction of sp³-hybridized carbons (Fsp3) is 0.600. The SMILES string of the molecule is CC(C)n1ncc2cc(CN3CCC(CO)C3)c(Cl)nc21. The molecule has 21 heavy (non-hydrogen) atoms. The molecule has 1 N–H and O–H groups in total. The third kappa shape index (κ3) is 2.91. The fourth-order valence-electron chi connectivity index (χ4n) is 2.93. The lowest BCUT2D eigenvalue weighted by atomic mass is 10.1. The summed E-state index contributed by atoms with van der Waals surface area (Å²) < 4.78 is 1.89. The van der Waals surface area contributed by atoms with Crippen molar-refractivity contribution >= 4 is 22.6 Å². The van der Waals surface area contributed by atoms with E-state index in [9.17, 15) is 5.11 Å². The molecule has 5 nitrogen and oxygen atoms in total. The van der Waals surface area contributed by atoms with Gasteiger partial charge in [0.1, 0.15) is 5.15 Å². The number of rotatable bonds is 4. The Morgan fingerprint density at radius 1 is 1.48 bits per heavy atom. The van der Waals surface area contributed by atoms with Gasteiger partial charge in [0.15, 0.2) is 5.65 Å². The van der Waals surface area contributed by atoms with Crippen LogP contribution in [0.2, 0.25) is 5.15 Å². The van der Waals surface area contributed by atoms with E-state index in [0.29, 0.717) is 11.1 Å². The van der Waals surface area contributed by atoms with E-state index in [1.165, 1.54) is 0 Å². The number of fused-ring (bicyclic) bond motifs is 1. The standard InChI is InChI=1S/C15H21ClN4O/c1-10(2)20-15-12(6-17-20)5-13(14(16)18-15)8-19-4-3-11(7-19)9-21/h5-6,10-11,21H,3-4,7-9H2,1-2H3. The van der Waals surface area contributed by atoms with Crippen LogP contribution in [0, 0.1) is 5.92 Å². The molecule has 0 bridgehead atoms. The minimum atomic E-state index is 0.265. The van der Waals surface area contributed by atoms with E-state index < -0.39 is 0 Å². The van der Waals surface area contributed by atoms with Crippen molar-refractivity contribution in [3.8, 4) is 0 Å². The van der Waals surface area contributed by atoms with E-state index in [4.69, 9.17) is 11.6 Å². The zero-order valence-corrected chi connectivity index (χ0v) is 13.2. The van der Waals surface area contributed by atoms with Gasteiger partial charge in [0, 0.05) is 36.7 Å². The predicted molar refractivity (Wildman–Crippen MR) is 83.4 cm³/mol. The van der Waals surface area contributed by atoms with Crippen LogP contribution < -0.4 is 0 Å². The molecular formula is C15H21ClN4O. The van der Waals surface area contributed by atoms with Crippen LogP contribution in [0.1, 0.15) is 31.9 Å². The van der Waals surface area contributed by atoms with Gasteiger partial charge in [0.25, 0.3) is 0 Å². The van der Waals surface area contributed by atoms with Gasteiger partial charge < -0.3 is 5.11 Å². The van der Waals surface area contributed by atoms with Crippen LogP contribution in [0.3, 0.4) is 0 Å². The first-order valence-corrected chi connectivity index (χ1v) is 7.82. The first-order chi connectivity index (χ1) is 10.1. The average Bonchev–Trinajstić information content (AvgIpc) is 3.05. The van der Waals surface area contributed by atoms with Crippen molar-refractivity contribution in [1.82, 2.24) is 19.7 Å². The molecule has 1 aliphatic rings. The molecule has 0 spiro atoms. The van der Waals surface area contributed by atoms with Gasteiger partial charge in [-0.2, -0.15) is 5.10 Å². The molecule has 2 aromatic rings. The third-order valence-corrected chi connectivity index (χ3v) is 4.43. The summed E-state index contributed by atoms with van der Waals surface area (Å²) in [5, 5.41) is 15.2. The number of hydrogen-bond donors (Lipinski definition) is 1. The molecule has 1 unspecified atom stereocenters. The van der Waals surface area contributed by atoms with Gasteiger partial charge in [-0.25, -0.2) is 9.67 Å². The molecule has 1 atom stereocenters. The highest BCUT2D eigenvalue weighted by molar-refractivity contribution is 6.30. The Kier molecular flexibility index (Phi) is 4.15. The van der Waals surface area contributed by atoms with E-state index in [-0.39, 0.29) is 12.6 Å². The summed E-state index contributed by atoms with van der Waals surface area (Å²) in [6, 6.07) is 2.35. The first kappa shape index (κ1) is 14.8. The van der Waals surface area contributed by atoms with E-state index in [2.05, 4.69) is 34.9 Å². The molecule has 1 fully saturated rings. The average molecular weight is 309 g/mol. The minimum Gasteiger partial charge on any atom is -0.396 e. The van der Waals surface area contributed by atoms with E-state index in [1.807, 2.05) is 10.9 Å². The Morgan fingerprint density at radius 3 is 2.95 bits per heavy atom. The van der Waals surface area contributed by atoms with Crippen LogP contribution in [0.5, 0.6) is 0 Å². The highest BCUT2D eigenvalue weighted by Gasteiger charge is 2.23. The predicted octanol–water partition coefficient (Wildman–Crippen LogP) is 2.48. The maximum atomic E-state index is 9.22. The Labute approximate surface area is 129 Å². The molecule has 1 saturated heterocycles. The lowest BCUT2D eigenvalue weighted by Crippen LogP contribution is -2.21. The number of nitrogens with zero attached hydrogens (tertiary/aromatic N) is 4. The Morgan fingerprint density at radius 2 is 2.29 bits per heavy atom. The van der Waals surface area contributed by atoms with Gasteiger partial charge >= 0.3 is 0 Å². The lowest BCUT2D eigenvalue weighted by molar-refractivity contribution is 0.220. The summed E-state index contributed by atoms with van der Waals surface area (Å²) in [6.07, 6.45) is 2.90. The number of aliphatic hydroxyl groups excluding tert-OH is 1. The smallest absolute Gasteiger partial charge is 0.159 e. The Bertz CT molecular complexity index is 640. The third-order valence-electron chi connectivity index (χ3n) is 4.11. The lowest BCUT2D eigenvalue weighted by Gasteiger charge is -2.16. The number of hydrogen-bond acceptors (Lipinski definition) is 4. The number of aliphatic hydroxyl groups is 1. The zero-order chi connectivity index (χ0) is 15.0. The second-order valence-corrected chi connectivity index (χ2v) is 6.46. The van der Waals surface area contributed by atoms with Crippen molar-refractivity contribution in [3.63, 3.8) is 0 Å². The van der Waals surface area contributed by atoms with Gasteiger partial charge in [-0.1, -0.05) is 11.6 Å². The summed E-state index contributed by atoms with van der Waals surface area (Å²) in [5.41, 5.74) is 1.87. The molecule has 6 heteroatoms. The summed E-state index contributed by atoms with van der Waals surface area (Å²) in [6.45, 7) is 7.14. The van der Waals surface area contributed by atoms with Gasteiger partial charge in [-0.3, -0.25) is 4.90 Å². The van der Waals surface area contributed by atoms with Gasteiger partial charge in [-0.05, 0) is 38.8 Å². The molecule has 3 heterocycles. The quantitative estimate of drug-likeness (QED) is 0.882. The van der Waals surface area contributed by atoms with Crippen LogP contribution in [0.4, 0.5) is 0 Å². The summed E-state index contributed by atoms with van der Waals surface area (Å²) >= 11 is 6.36. The molecule has 1 aliphatic heterocycles. The normalized spacial score (nSPS) is 20.0. The summed E-state index contributed by atoms with van der Waals surface area (Å²) in [7, 11) is 0. The number of halogens is 1. The van der Waals surface area contributed by atoms with Crippen LogP contribution in [-0.2, 0) is 6.54 Å².